The van der Waals surface area contributed by atoms with Crippen molar-refractivity contribution in [3.63, 3.8) is 0 Å². The van der Waals surface area contributed by atoms with Crippen LogP contribution in [0.2, 0.25) is 0 Å². The molecule has 0 spiro atoms. The molecule has 1 aromatic carbocycles. The van der Waals surface area contributed by atoms with Crippen molar-refractivity contribution < 1.29 is 9.32 Å². The van der Waals surface area contributed by atoms with Gasteiger partial charge < -0.3 is 20.5 Å². The van der Waals surface area contributed by atoms with Gasteiger partial charge in [-0.25, -0.2) is 0 Å². The van der Waals surface area contributed by atoms with Gasteiger partial charge in [0.15, 0.2) is 5.82 Å². The first-order valence-electron chi connectivity index (χ1n) is 7.87. The minimum Gasteiger partial charge on any atom is -0.360 e. The van der Waals surface area contributed by atoms with E-state index in [0.717, 1.165) is 19.5 Å². The molecule has 0 radical (unpaired) electrons. The van der Waals surface area contributed by atoms with Crippen molar-refractivity contribution in [2.45, 2.75) is 19.8 Å². The molecule has 0 fully saturated rings. The second kappa shape index (κ2) is 9.07. The summed E-state index contributed by atoms with van der Waals surface area (Å²) >= 11 is 0. The molecule has 0 aliphatic heterocycles. The number of anilines is 1. The van der Waals surface area contributed by atoms with Crippen molar-refractivity contribution in [1.82, 2.24) is 10.1 Å². The first-order chi connectivity index (χ1) is 11.2. The Hall–Kier alpha value is -2.18. The average molecular weight is 316 g/mol. The number of hydrogen-bond acceptors (Lipinski definition) is 5. The number of carbonyl (C=O) groups excluding carboxylic acids is 1. The van der Waals surface area contributed by atoms with Gasteiger partial charge in [0.1, 0.15) is 5.76 Å². The molecule has 1 amide bonds. The standard InChI is InChI=1S/C17H24N4O2/c1-14-13-16(20-23-14)19-17(22)8-11-21(12-9-18)10-7-15-5-3-2-4-6-15/h2-6,13H,7-12,18H2,1H3,(H,19,20,22). The van der Waals surface area contributed by atoms with E-state index in [9.17, 15) is 4.79 Å². The Morgan fingerprint density at radius 1 is 1.26 bits per heavy atom. The highest BCUT2D eigenvalue weighted by atomic mass is 16.5. The lowest BCUT2D eigenvalue weighted by molar-refractivity contribution is -0.116. The molecule has 23 heavy (non-hydrogen) atoms. The third kappa shape index (κ3) is 6.22. The molecule has 1 aromatic heterocycles. The van der Waals surface area contributed by atoms with Crippen LogP contribution in [-0.2, 0) is 11.2 Å². The summed E-state index contributed by atoms with van der Waals surface area (Å²) in [7, 11) is 0. The van der Waals surface area contributed by atoms with Gasteiger partial charge in [0, 0.05) is 38.7 Å². The normalized spacial score (nSPS) is 10.9. The van der Waals surface area contributed by atoms with E-state index in [4.69, 9.17) is 10.3 Å². The van der Waals surface area contributed by atoms with Crippen LogP contribution in [0.25, 0.3) is 0 Å². The monoisotopic (exact) mass is 316 g/mol. The smallest absolute Gasteiger partial charge is 0.226 e. The Morgan fingerprint density at radius 3 is 2.70 bits per heavy atom. The zero-order chi connectivity index (χ0) is 16.5. The SMILES string of the molecule is Cc1cc(NC(=O)CCN(CCN)CCc2ccccc2)no1. The molecule has 0 unspecified atom stereocenters. The Balaban J connectivity index is 1.76. The van der Waals surface area contributed by atoms with Crippen molar-refractivity contribution in [2.24, 2.45) is 5.73 Å². The maximum atomic E-state index is 12.0. The number of benzene rings is 1. The van der Waals surface area contributed by atoms with Gasteiger partial charge in [0.05, 0.1) is 0 Å². The number of aryl methyl sites for hydroxylation is 1. The van der Waals surface area contributed by atoms with E-state index in [1.54, 1.807) is 13.0 Å². The highest BCUT2D eigenvalue weighted by Gasteiger charge is 2.10. The number of carbonyl (C=O) groups is 1. The molecule has 0 atom stereocenters. The summed E-state index contributed by atoms with van der Waals surface area (Å²) in [6.07, 6.45) is 1.35. The lowest BCUT2D eigenvalue weighted by atomic mass is 10.1. The molecule has 3 N–H and O–H groups in total. The summed E-state index contributed by atoms with van der Waals surface area (Å²) in [6.45, 7) is 4.71. The van der Waals surface area contributed by atoms with E-state index in [-0.39, 0.29) is 5.91 Å². The second-order valence-corrected chi connectivity index (χ2v) is 5.49. The van der Waals surface area contributed by atoms with Gasteiger partial charge in [-0.05, 0) is 18.9 Å². The third-order valence-corrected chi connectivity index (χ3v) is 3.56. The Morgan fingerprint density at radius 2 is 2.04 bits per heavy atom. The minimum atomic E-state index is -0.0694. The molecule has 124 valence electrons. The summed E-state index contributed by atoms with van der Waals surface area (Å²) in [5.74, 6) is 1.06. The van der Waals surface area contributed by atoms with Gasteiger partial charge >= 0.3 is 0 Å². The second-order valence-electron chi connectivity index (χ2n) is 5.49. The number of nitrogens with two attached hydrogens (primary N) is 1. The number of nitrogens with zero attached hydrogens (tertiary/aromatic N) is 2. The first kappa shape index (κ1) is 17.2. The lowest BCUT2D eigenvalue weighted by Gasteiger charge is -2.21. The molecule has 0 aliphatic rings. The zero-order valence-electron chi connectivity index (χ0n) is 13.5. The van der Waals surface area contributed by atoms with Crippen molar-refractivity contribution >= 4 is 11.7 Å². The molecule has 6 nitrogen and oxygen atoms in total. The van der Waals surface area contributed by atoms with E-state index < -0.39 is 0 Å². The van der Waals surface area contributed by atoms with E-state index in [0.29, 0.717) is 31.1 Å². The highest BCUT2D eigenvalue weighted by molar-refractivity contribution is 5.89. The van der Waals surface area contributed by atoms with Crippen molar-refractivity contribution in [2.75, 3.05) is 31.5 Å². The number of aromatic nitrogens is 1. The molecular weight excluding hydrogens is 292 g/mol. The van der Waals surface area contributed by atoms with Gasteiger partial charge in [0.25, 0.3) is 0 Å². The van der Waals surface area contributed by atoms with Crippen molar-refractivity contribution in [3.8, 4) is 0 Å². The maximum Gasteiger partial charge on any atom is 0.226 e. The lowest BCUT2D eigenvalue weighted by Crippen LogP contribution is -2.34. The first-order valence-corrected chi connectivity index (χ1v) is 7.87. The van der Waals surface area contributed by atoms with E-state index in [1.165, 1.54) is 5.56 Å². The van der Waals surface area contributed by atoms with Crippen LogP contribution in [0.3, 0.4) is 0 Å². The fraction of sp³-hybridized carbons (Fsp3) is 0.412. The summed E-state index contributed by atoms with van der Waals surface area (Å²) in [5, 5.41) is 6.49. The zero-order valence-corrected chi connectivity index (χ0v) is 13.5. The maximum absolute atomic E-state index is 12.0. The Labute approximate surface area is 136 Å². The van der Waals surface area contributed by atoms with Crippen LogP contribution in [0.5, 0.6) is 0 Å². The average Bonchev–Trinajstić information content (AvgIpc) is 2.96. The summed E-state index contributed by atoms with van der Waals surface area (Å²) in [4.78, 5) is 14.2. The van der Waals surface area contributed by atoms with Crippen LogP contribution in [0.1, 0.15) is 17.7 Å². The predicted molar refractivity (Wildman–Crippen MR) is 90.1 cm³/mol. The van der Waals surface area contributed by atoms with Crippen molar-refractivity contribution in [3.05, 3.63) is 47.7 Å². The Bertz CT molecular complexity index is 598. The van der Waals surface area contributed by atoms with Crippen LogP contribution in [0.15, 0.2) is 40.9 Å². The topological polar surface area (TPSA) is 84.4 Å². The largest absolute Gasteiger partial charge is 0.360 e. The number of hydrogen-bond donors (Lipinski definition) is 2. The number of rotatable bonds is 9. The predicted octanol–water partition coefficient (Wildman–Crippen LogP) is 1.82. The molecule has 1 heterocycles. The van der Waals surface area contributed by atoms with E-state index in [2.05, 4.69) is 27.5 Å². The van der Waals surface area contributed by atoms with Crippen LogP contribution in [0.4, 0.5) is 5.82 Å². The van der Waals surface area contributed by atoms with Crippen LogP contribution in [0, 0.1) is 6.92 Å². The van der Waals surface area contributed by atoms with Gasteiger partial charge in [-0.3, -0.25) is 4.79 Å². The summed E-state index contributed by atoms with van der Waals surface area (Å²) < 4.78 is 4.93. The molecule has 0 bridgehead atoms. The van der Waals surface area contributed by atoms with Crippen LogP contribution < -0.4 is 11.1 Å². The van der Waals surface area contributed by atoms with Gasteiger partial charge in [-0.2, -0.15) is 0 Å². The summed E-state index contributed by atoms with van der Waals surface area (Å²) in [6, 6.07) is 12.0. The third-order valence-electron chi connectivity index (χ3n) is 3.56. The van der Waals surface area contributed by atoms with Gasteiger partial charge in [-0.15, -0.1) is 0 Å². The minimum absolute atomic E-state index is 0.0694. The molecule has 0 saturated heterocycles. The van der Waals surface area contributed by atoms with Gasteiger partial charge in [0.2, 0.25) is 5.91 Å². The molecule has 0 saturated carbocycles. The van der Waals surface area contributed by atoms with Crippen LogP contribution >= 0.6 is 0 Å². The molecular formula is C17H24N4O2. The highest BCUT2D eigenvalue weighted by Crippen LogP contribution is 2.08. The Kier molecular flexibility index (Phi) is 6.77. The van der Waals surface area contributed by atoms with Gasteiger partial charge in [-0.1, -0.05) is 35.5 Å². The molecule has 2 rings (SSSR count). The molecule has 6 heteroatoms. The quantitative estimate of drug-likeness (QED) is 0.737. The number of nitrogens with one attached hydrogen (secondary N) is 1. The fourth-order valence-electron chi connectivity index (χ4n) is 2.34. The fourth-order valence-corrected chi connectivity index (χ4v) is 2.34. The number of amides is 1. The van der Waals surface area contributed by atoms with E-state index >= 15 is 0 Å². The van der Waals surface area contributed by atoms with E-state index in [1.807, 2.05) is 18.2 Å². The van der Waals surface area contributed by atoms with Crippen LogP contribution in [-0.4, -0.2) is 42.1 Å². The van der Waals surface area contributed by atoms with Crippen molar-refractivity contribution in [1.29, 1.82) is 0 Å². The molecule has 2 aromatic rings. The molecule has 0 aliphatic carbocycles. The summed E-state index contributed by atoms with van der Waals surface area (Å²) in [5.41, 5.74) is 6.96.